The minimum atomic E-state index is -0.938. The summed E-state index contributed by atoms with van der Waals surface area (Å²) < 4.78 is 4.71. The molecule has 7 nitrogen and oxygen atoms in total. The Morgan fingerprint density at radius 2 is 2.25 bits per heavy atom. The van der Waals surface area contributed by atoms with Crippen molar-refractivity contribution in [2.75, 3.05) is 11.5 Å². The molecule has 8 heteroatoms. The third-order valence-electron chi connectivity index (χ3n) is 1.47. The van der Waals surface area contributed by atoms with E-state index in [9.17, 15) is 9.59 Å². The fourth-order valence-corrected chi connectivity index (χ4v) is 1.44. The molecule has 0 aromatic carbocycles. The maximum absolute atomic E-state index is 11.2. The van der Waals surface area contributed by atoms with Crippen molar-refractivity contribution in [3.63, 3.8) is 0 Å². The average molecular weight is 245 g/mol. The first-order valence-corrected chi connectivity index (χ1v) is 5.59. The summed E-state index contributed by atoms with van der Waals surface area (Å²) in [5.74, 6) is -0.350. The summed E-state index contributed by atoms with van der Waals surface area (Å²) >= 11 is 1.03. The summed E-state index contributed by atoms with van der Waals surface area (Å²) in [6.07, 6.45) is 0. The number of rotatable bonds is 6. The number of carbonyl (C=O) groups is 2. The quantitative estimate of drug-likeness (QED) is 0.715. The van der Waals surface area contributed by atoms with E-state index in [0.29, 0.717) is 11.7 Å². The second-order valence-corrected chi connectivity index (χ2v) is 3.88. The van der Waals surface area contributed by atoms with Crippen molar-refractivity contribution in [3.05, 3.63) is 11.7 Å². The minimum absolute atomic E-state index is 0.0886. The number of nitrogens with one attached hydrogen (secondary N) is 1. The number of carboxylic acids is 1. The van der Waals surface area contributed by atoms with Gasteiger partial charge in [0.2, 0.25) is 11.8 Å². The van der Waals surface area contributed by atoms with Gasteiger partial charge in [0, 0.05) is 6.92 Å². The SMILES string of the molecule is Cc1nc(CNC(=O)CSCC(=O)O)no1. The molecule has 1 rings (SSSR count). The Morgan fingerprint density at radius 1 is 1.50 bits per heavy atom. The molecule has 0 aliphatic rings. The highest BCUT2D eigenvalue weighted by molar-refractivity contribution is 8.00. The van der Waals surface area contributed by atoms with Gasteiger partial charge in [-0.3, -0.25) is 9.59 Å². The second-order valence-electron chi connectivity index (χ2n) is 2.89. The van der Waals surface area contributed by atoms with Crippen molar-refractivity contribution in [1.29, 1.82) is 0 Å². The first-order valence-electron chi connectivity index (χ1n) is 4.43. The van der Waals surface area contributed by atoms with Crippen LogP contribution in [0.2, 0.25) is 0 Å². The zero-order valence-corrected chi connectivity index (χ0v) is 9.41. The molecule has 0 atom stereocenters. The molecule has 0 fully saturated rings. The molecule has 16 heavy (non-hydrogen) atoms. The van der Waals surface area contributed by atoms with Crippen molar-refractivity contribution in [1.82, 2.24) is 15.5 Å². The van der Waals surface area contributed by atoms with Gasteiger partial charge in [-0.2, -0.15) is 4.98 Å². The van der Waals surface area contributed by atoms with Crippen LogP contribution in [0.5, 0.6) is 0 Å². The standard InChI is InChI=1S/C8H11N3O4S/c1-5-10-6(11-15-5)2-9-7(12)3-16-4-8(13)14/h2-4H2,1H3,(H,9,12)(H,13,14). The van der Waals surface area contributed by atoms with Crippen LogP contribution in [0.3, 0.4) is 0 Å². The lowest BCUT2D eigenvalue weighted by Gasteiger charge is -2.00. The summed E-state index contributed by atoms with van der Waals surface area (Å²) in [5, 5.41) is 14.5. The number of hydrogen-bond acceptors (Lipinski definition) is 6. The summed E-state index contributed by atoms with van der Waals surface area (Å²) in [7, 11) is 0. The molecule has 0 unspecified atom stereocenters. The number of aryl methyl sites for hydroxylation is 1. The van der Waals surface area contributed by atoms with Gasteiger partial charge in [0.15, 0.2) is 5.82 Å². The lowest BCUT2D eigenvalue weighted by Crippen LogP contribution is -2.25. The number of hydrogen-bond donors (Lipinski definition) is 2. The Kier molecular flexibility index (Phi) is 4.77. The highest BCUT2D eigenvalue weighted by atomic mass is 32.2. The normalized spacial score (nSPS) is 10.1. The van der Waals surface area contributed by atoms with Gasteiger partial charge in [0.1, 0.15) is 0 Å². The fourth-order valence-electron chi connectivity index (χ4n) is 0.873. The molecule has 1 aromatic heterocycles. The smallest absolute Gasteiger partial charge is 0.313 e. The Morgan fingerprint density at radius 3 is 2.81 bits per heavy atom. The molecule has 0 saturated heterocycles. The van der Waals surface area contributed by atoms with Gasteiger partial charge >= 0.3 is 5.97 Å². The van der Waals surface area contributed by atoms with Gasteiger partial charge in [0.25, 0.3) is 0 Å². The number of thioether (sulfide) groups is 1. The van der Waals surface area contributed by atoms with E-state index >= 15 is 0 Å². The van der Waals surface area contributed by atoms with Gasteiger partial charge in [-0.1, -0.05) is 5.16 Å². The second kappa shape index (κ2) is 6.11. The third kappa shape index (κ3) is 4.78. The van der Waals surface area contributed by atoms with Crippen LogP contribution in [0, 0.1) is 6.92 Å². The van der Waals surface area contributed by atoms with Gasteiger partial charge in [0.05, 0.1) is 18.1 Å². The van der Waals surface area contributed by atoms with Crippen LogP contribution in [0.1, 0.15) is 11.7 Å². The van der Waals surface area contributed by atoms with Crippen molar-refractivity contribution in [2.45, 2.75) is 13.5 Å². The predicted molar refractivity (Wildman–Crippen MR) is 55.8 cm³/mol. The maximum atomic E-state index is 11.2. The first-order chi connectivity index (χ1) is 7.58. The summed E-state index contributed by atoms with van der Waals surface area (Å²) in [6.45, 7) is 1.84. The van der Waals surface area contributed by atoms with Crippen LogP contribution in [-0.4, -0.2) is 38.6 Å². The van der Waals surface area contributed by atoms with Crippen LogP contribution in [0.25, 0.3) is 0 Å². The Bertz CT molecular complexity index is 379. The van der Waals surface area contributed by atoms with Crippen LogP contribution in [0.15, 0.2) is 4.52 Å². The monoisotopic (exact) mass is 245 g/mol. The van der Waals surface area contributed by atoms with Gasteiger partial charge in [-0.05, 0) is 0 Å². The van der Waals surface area contributed by atoms with E-state index in [-0.39, 0.29) is 24.0 Å². The number of nitrogens with zero attached hydrogens (tertiary/aromatic N) is 2. The zero-order valence-electron chi connectivity index (χ0n) is 8.60. The summed E-state index contributed by atoms with van der Waals surface area (Å²) in [6, 6.07) is 0. The van der Waals surface area contributed by atoms with Gasteiger partial charge in [-0.15, -0.1) is 11.8 Å². The maximum Gasteiger partial charge on any atom is 0.313 e. The Hall–Kier alpha value is -1.57. The van der Waals surface area contributed by atoms with Crippen LogP contribution in [0.4, 0.5) is 0 Å². The Balaban J connectivity index is 2.17. The number of aliphatic carboxylic acids is 1. The molecule has 1 aromatic rings. The van der Waals surface area contributed by atoms with E-state index in [4.69, 9.17) is 9.63 Å². The minimum Gasteiger partial charge on any atom is -0.481 e. The van der Waals surface area contributed by atoms with E-state index in [1.807, 2.05) is 0 Å². The van der Waals surface area contributed by atoms with Crippen LogP contribution in [-0.2, 0) is 16.1 Å². The van der Waals surface area contributed by atoms with Crippen molar-refractivity contribution >= 4 is 23.6 Å². The number of amides is 1. The fraction of sp³-hybridized carbons (Fsp3) is 0.500. The van der Waals surface area contributed by atoms with E-state index in [1.165, 1.54) is 0 Å². The third-order valence-corrected chi connectivity index (χ3v) is 2.39. The van der Waals surface area contributed by atoms with Crippen LogP contribution < -0.4 is 5.32 Å². The predicted octanol–water partition coefficient (Wildman–Crippen LogP) is -0.188. The molecule has 0 aliphatic heterocycles. The van der Waals surface area contributed by atoms with E-state index in [0.717, 1.165) is 11.8 Å². The molecule has 2 N–H and O–H groups in total. The van der Waals surface area contributed by atoms with E-state index in [2.05, 4.69) is 15.5 Å². The molecule has 88 valence electrons. The first kappa shape index (κ1) is 12.5. The lowest BCUT2D eigenvalue weighted by molar-refractivity contribution is -0.133. The molecule has 1 amide bonds. The van der Waals surface area contributed by atoms with Crippen molar-refractivity contribution in [3.8, 4) is 0 Å². The molecule has 0 saturated carbocycles. The molecule has 1 heterocycles. The largest absolute Gasteiger partial charge is 0.481 e. The highest BCUT2D eigenvalue weighted by Crippen LogP contribution is 1.99. The molecular weight excluding hydrogens is 234 g/mol. The molecular formula is C8H11N3O4S. The van der Waals surface area contributed by atoms with E-state index < -0.39 is 5.97 Å². The molecule has 0 aliphatic carbocycles. The highest BCUT2D eigenvalue weighted by Gasteiger charge is 2.06. The molecule has 0 radical (unpaired) electrons. The lowest BCUT2D eigenvalue weighted by atomic mass is 10.5. The topological polar surface area (TPSA) is 105 Å². The van der Waals surface area contributed by atoms with E-state index in [1.54, 1.807) is 6.92 Å². The average Bonchev–Trinajstić information content (AvgIpc) is 2.61. The summed E-state index contributed by atoms with van der Waals surface area (Å²) in [4.78, 5) is 25.3. The number of carboxylic acid groups (broad SMARTS) is 1. The Labute approximate surface area is 95.6 Å². The molecule has 0 bridgehead atoms. The summed E-state index contributed by atoms with van der Waals surface area (Å²) in [5.41, 5.74) is 0. The van der Waals surface area contributed by atoms with Crippen LogP contribution >= 0.6 is 11.8 Å². The number of aromatic nitrogens is 2. The number of carbonyl (C=O) groups excluding carboxylic acids is 1. The van der Waals surface area contributed by atoms with Gasteiger partial charge < -0.3 is 14.9 Å². The van der Waals surface area contributed by atoms with Gasteiger partial charge in [-0.25, -0.2) is 0 Å². The zero-order chi connectivity index (χ0) is 12.0. The van der Waals surface area contributed by atoms with Crippen molar-refractivity contribution in [2.24, 2.45) is 0 Å². The van der Waals surface area contributed by atoms with Crippen molar-refractivity contribution < 1.29 is 19.2 Å². The molecule has 0 spiro atoms.